The molecule has 2 rings (SSSR count). The molecule has 1 atom stereocenters. The number of aromatic nitrogens is 2. The molecule has 0 aliphatic heterocycles. The summed E-state index contributed by atoms with van der Waals surface area (Å²) in [6, 6.07) is 10.3. The number of aryl methyl sites for hydroxylation is 2. The van der Waals surface area contributed by atoms with E-state index in [0.717, 1.165) is 23.6 Å². The molecule has 21 heavy (non-hydrogen) atoms. The lowest BCUT2D eigenvalue weighted by Crippen LogP contribution is -2.29. The standard InChI is InChI=1S/C16H21N3OS/c1-11(15-12(2)18-13(3)19-16(15)20)17-9-10-21-14-7-5-4-6-8-14/h4-8,11,17H,9-10H2,1-3H3,(H,18,19,20). The molecule has 0 saturated heterocycles. The molecule has 2 aromatic rings. The minimum absolute atomic E-state index is 0.00165. The largest absolute Gasteiger partial charge is 0.310 e. The second kappa shape index (κ2) is 7.43. The van der Waals surface area contributed by atoms with Gasteiger partial charge in [-0.25, -0.2) is 4.98 Å². The van der Waals surface area contributed by atoms with Crippen molar-refractivity contribution in [3.05, 3.63) is 57.8 Å². The molecular weight excluding hydrogens is 282 g/mol. The average Bonchev–Trinajstić information content (AvgIpc) is 2.43. The minimum atomic E-state index is -0.0456. The molecule has 0 bridgehead atoms. The Bertz CT molecular complexity index is 640. The first-order valence-electron chi connectivity index (χ1n) is 7.06. The molecule has 0 fully saturated rings. The van der Waals surface area contributed by atoms with Gasteiger partial charge in [0.25, 0.3) is 5.56 Å². The third-order valence-electron chi connectivity index (χ3n) is 3.26. The van der Waals surface area contributed by atoms with Crippen LogP contribution >= 0.6 is 11.8 Å². The molecule has 0 radical (unpaired) electrons. The summed E-state index contributed by atoms with van der Waals surface area (Å²) >= 11 is 1.80. The van der Waals surface area contributed by atoms with Gasteiger partial charge >= 0.3 is 0 Å². The summed E-state index contributed by atoms with van der Waals surface area (Å²) in [5.41, 5.74) is 1.48. The van der Waals surface area contributed by atoms with Crippen LogP contribution in [0.1, 0.15) is 30.0 Å². The van der Waals surface area contributed by atoms with E-state index in [4.69, 9.17) is 0 Å². The molecule has 112 valence electrons. The van der Waals surface area contributed by atoms with Gasteiger partial charge in [-0.2, -0.15) is 0 Å². The smallest absolute Gasteiger partial charge is 0.255 e. The highest BCUT2D eigenvalue weighted by Crippen LogP contribution is 2.16. The Morgan fingerprint density at radius 2 is 2.00 bits per heavy atom. The molecule has 1 aromatic heterocycles. The van der Waals surface area contributed by atoms with E-state index in [0.29, 0.717) is 5.82 Å². The third-order valence-corrected chi connectivity index (χ3v) is 4.28. The van der Waals surface area contributed by atoms with Crippen molar-refractivity contribution >= 4 is 11.8 Å². The van der Waals surface area contributed by atoms with Crippen LogP contribution in [0.15, 0.2) is 40.0 Å². The zero-order valence-corrected chi connectivity index (χ0v) is 13.5. The molecule has 1 aromatic carbocycles. The minimum Gasteiger partial charge on any atom is -0.310 e. The van der Waals surface area contributed by atoms with Crippen molar-refractivity contribution in [1.29, 1.82) is 0 Å². The summed E-state index contributed by atoms with van der Waals surface area (Å²) < 4.78 is 0. The Balaban J connectivity index is 1.88. The molecule has 0 saturated carbocycles. The summed E-state index contributed by atoms with van der Waals surface area (Å²) in [5, 5.41) is 3.39. The molecule has 1 unspecified atom stereocenters. The van der Waals surface area contributed by atoms with Crippen molar-refractivity contribution in [2.24, 2.45) is 0 Å². The Hall–Kier alpha value is -1.59. The van der Waals surface area contributed by atoms with Gasteiger partial charge in [-0.05, 0) is 32.9 Å². The zero-order valence-electron chi connectivity index (χ0n) is 12.6. The predicted molar refractivity (Wildman–Crippen MR) is 87.9 cm³/mol. The molecule has 5 heteroatoms. The molecule has 1 heterocycles. The van der Waals surface area contributed by atoms with Crippen molar-refractivity contribution in [1.82, 2.24) is 15.3 Å². The van der Waals surface area contributed by atoms with Crippen LogP contribution in [0.2, 0.25) is 0 Å². The molecule has 2 N–H and O–H groups in total. The molecular formula is C16H21N3OS. The van der Waals surface area contributed by atoms with Crippen molar-refractivity contribution < 1.29 is 0 Å². The quantitative estimate of drug-likeness (QED) is 0.636. The second-order valence-corrected chi connectivity index (χ2v) is 6.16. The monoisotopic (exact) mass is 303 g/mol. The molecule has 0 aliphatic carbocycles. The normalized spacial score (nSPS) is 12.3. The fourth-order valence-corrected chi connectivity index (χ4v) is 3.11. The Morgan fingerprint density at radius 1 is 1.29 bits per heavy atom. The number of rotatable bonds is 6. The van der Waals surface area contributed by atoms with Crippen molar-refractivity contribution in [3.63, 3.8) is 0 Å². The van der Waals surface area contributed by atoms with Gasteiger partial charge in [0, 0.05) is 28.9 Å². The van der Waals surface area contributed by atoms with E-state index in [1.807, 2.05) is 32.0 Å². The maximum Gasteiger partial charge on any atom is 0.255 e. The highest BCUT2D eigenvalue weighted by molar-refractivity contribution is 7.99. The first-order chi connectivity index (χ1) is 10.1. The van der Waals surface area contributed by atoms with Gasteiger partial charge in [-0.15, -0.1) is 11.8 Å². The second-order valence-electron chi connectivity index (χ2n) is 4.99. The van der Waals surface area contributed by atoms with Gasteiger partial charge < -0.3 is 10.3 Å². The van der Waals surface area contributed by atoms with E-state index in [9.17, 15) is 4.79 Å². The summed E-state index contributed by atoms with van der Waals surface area (Å²) in [5.74, 6) is 1.62. The number of nitrogens with one attached hydrogen (secondary N) is 2. The lowest BCUT2D eigenvalue weighted by atomic mass is 10.1. The van der Waals surface area contributed by atoms with Crippen LogP contribution in [-0.4, -0.2) is 22.3 Å². The van der Waals surface area contributed by atoms with Gasteiger partial charge in [0.05, 0.1) is 5.56 Å². The lowest BCUT2D eigenvalue weighted by Gasteiger charge is -2.15. The fraction of sp³-hybridized carbons (Fsp3) is 0.375. The third kappa shape index (κ3) is 4.44. The van der Waals surface area contributed by atoms with Crippen LogP contribution in [0, 0.1) is 13.8 Å². The van der Waals surface area contributed by atoms with Crippen LogP contribution in [0.25, 0.3) is 0 Å². The van der Waals surface area contributed by atoms with Crippen molar-refractivity contribution in [3.8, 4) is 0 Å². The van der Waals surface area contributed by atoms with Gasteiger partial charge in [0.2, 0.25) is 0 Å². The molecule has 0 aliphatic rings. The number of thioether (sulfide) groups is 1. The van der Waals surface area contributed by atoms with Crippen molar-refractivity contribution in [2.75, 3.05) is 12.3 Å². The summed E-state index contributed by atoms with van der Waals surface area (Å²) in [7, 11) is 0. The first kappa shape index (κ1) is 15.8. The SMILES string of the molecule is Cc1nc(C)c(C(C)NCCSc2ccccc2)c(=O)[nH]1. The van der Waals surface area contributed by atoms with Crippen LogP contribution < -0.4 is 10.9 Å². The predicted octanol–water partition coefficient (Wildman–Crippen LogP) is 2.83. The zero-order chi connectivity index (χ0) is 15.2. The molecule has 4 nitrogen and oxygen atoms in total. The van der Waals surface area contributed by atoms with Crippen molar-refractivity contribution in [2.45, 2.75) is 31.7 Å². The number of aromatic amines is 1. The van der Waals surface area contributed by atoms with Crippen LogP contribution in [0.5, 0.6) is 0 Å². The van der Waals surface area contributed by atoms with E-state index in [1.54, 1.807) is 18.7 Å². The number of H-pyrrole nitrogens is 1. The molecule has 0 amide bonds. The fourth-order valence-electron chi connectivity index (χ4n) is 2.31. The average molecular weight is 303 g/mol. The number of nitrogens with zero attached hydrogens (tertiary/aromatic N) is 1. The maximum absolute atomic E-state index is 12.0. The van der Waals surface area contributed by atoms with Gasteiger partial charge in [0.15, 0.2) is 0 Å². The van der Waals surface area contributed by atoms with Crippen LogP contribution in [-0.2, 0) is 0 Å². The van der Waals surface area contributed by atoms with E-state index >= 15 is 0 Å². The van der Waals surface area contributed by atoms with Gasteiger partial charge in [-0.1, -0.05) is 18.2 Å². The Morgan fingerprint density at radius 3 is 2.67 bits per heavy atom. The number of benzene rings is 1. The number of hydrogen-bond acceptors (Lipinski definition) is 4. The van der Waals surface area contributed by atoms with E-state index in [2.05, 4.69) is 27.4 Å². The Labute approximate surface area is 129 Å². The lowest BCUT2D eigenvalue weighted by molar-refractivity contribution is 0.587. The van der Waals surface area contributed by atoms with Gasteiger partial charge in [0.1, 0.15) is 5.82 Å². The van der Waals surface area contributed by atoms with Crippen LogP contribution in [0.3, 0.4) is 0 Å². The van der Waals surface area contributed by atoms with E-state index in [1.165, 1.54) is 4.90 Å². The van der Waals surface area contributed by atoms with E-state index in [-0.39, 0.29) is 11.6 Å². The topological polar surface area (TPSA) is 57.8 Å². The Kier molecular flexibility index (Phi) is 5.59. The highest BCUT2D eigenvalue weighted by atomic mass is 32.2. The summed E-state index contributed by atoms with van der Waals surface area (Å²) in [4.78, 5) is 20.4. The van der Waals surface area contributed by atoms with Crippen LogP contribution in [0.4, 0.5) is 0 Å². The molecule has 0 spiro atoms. The first-order valence-corrected chi connectivity index (χ1v) is 8.05. The highest BCUT2D eigenvalue weighted by Gasteiger charge is 2.13. The summed E-state index contributed by atoms with van der Waals surface area (Å²) in [6.45, 7) is 6.52. The van der Waals surface area contributed by atoms with Gasteiger partial charge in [-0.3, -0.25) is 4.79 Å². The van der Waals surface area contributed by atoms with E-state index < -0.39 is 0 Å². The number of hydrogen-bond donors (Lipinski definition) is 2. The summed E-state index contributed by atoms with van der Waals surface area (Å²) in [6.07, 6.45) is 0. The maximum atomic E-state index is 12.0.